The summed E-state index contributed by atoms with van der Waals surface area (Å²) in [6.07, 6.45) is 0. The summed E-state index contributed by atoms with van der Waals surface area (Å²) in [5.74, 6) is 0.679. The Hall–Kier alpha value is -3.36. The number of carbonyl (C=O) groups excluding carboxylic acids is 1. The number of sulfonamides is 1. The molecule has 0 saturated carbocycles. The van der Waals surface area contributed by atoms with E-state index in [1.165, 1.54) is 25.3 Å². The Balaban J connectivity index is 1.79. The second-order valence-corrected chi connectivity index (χ2v) is 8.12. The fraction of sp³-hybridized carbons (Fsp3) is 0.136. The molecule has 0 aliphatic heterocycles. The first-order valence-electron chi connectivity index (χ1n) is 9.10. The minimum Gasteiger partial charge on any atom is -0.497 e. The minimum atomic E-state index is -3.81. The van der Waals surface area contributed by atoms with Gasteiger partial charge in [-0.25, -0.2) is 13.1 Å². The lowest BCUT2D eigenvalue weighted by Crippen LogP contribution is -2.23. The smallest absolute Gasteiger partial charge is 0.255 e. The molecule has 0 aliphatic carbocycles. The van der Waals surface area contributed by atoms with E-state index in [0.29, 0.717) is 17.1 Å². The predicted octanol–water partition coefficient (Wildman–Crippen LogP) is 3.43. The quantitative estimate of drug-likeness (QED) is 0.576. The Labute approximate surface area is 175 Å². The highest BCUT2D eigenvalue weighted by Gasteiger charge is 2.18. The lowest BCUT2D eigenvalue weighted by molar-refractivity contribution is 0.102. The number of hydrogen-bond donors (Lipinski definition) is 2. The van der Waals surface area contributed by atoms with E-state index in [9.17, 15) is 13.2 Å². The first kappa shape index (κ1) is 21.4. The molecule has 1 amide bonds. The molecule has 0 bridgehead atoms. The van der Waals surface area contributed by atoms with Crippen molar-refractivity contribution in [3.05, 3.63) is 83.9 Å². The second-order valence-electron chi connectivity index (χ2n) is 6.35. The Morgan fingerprint density at radius 3 is 2.23 bits per heavy atom. The van der Waals surface area contributed by atoms with E-state index in [-0.39, 0.29) is 23.0 Å². The van der Waals surface area contributed by atoms with Gasteiger partial charge in [0.25, 0.3) is 5.91 Å². The zero-order valence-corrected chi connectivity index (χ0v) is 17.4. The Bertz CT molecular complexity index is 1110. The normalized spacial score (nSPS) is 11.0. The van der Waals surface area contributed by atoms with Gasteiger partial charge in [-0.2, -0.15) is 0 Å². The molecule has 8 heteroatoms. The number of amides is 1. The third-order valence-electron chi connectivity index (χ3n) is 4.39. The molecule has 0 saturated heterocycles. The van der Waals surface area contributed by atoms with Gasteiger partial charge in [0.1, 0.15) is 11.5 Å². The highest BCUT2D eigenvalue weighted by atomic mass is 32.2. The number of methoxy groups -OCH3 is 2. The van der Waals surface area contributed by atoms with Crippen molar-refractivity contribution in [2.75, 3.05) is 19.5 Å². The summed E-state index contributed by atoms with van der Waals surface area (Å²) in [5.41, 5.74) is 1.50. The van der Waals surface area contributed by atoms with Gasteiger partial charge in [-0.1, -0.05) is 30.3 Å². The summed E-state index contributed by atoms with van der Waals surface area (Å²) in [6, 6.07) is 20.0. The van der Waals surface area contributed by atoms with Crippen LogP contribution in [0.2, 0.25) is 0 Å². The molecule has 7 nitrogen and oxygen atoms in total. The lowest BCUT2D eigenvalue weighted by Gasteiger charge is -2.13. The molecule has 3 aromatic carbocycles. The van der Waals surface area contributed by atoms with Crippen molar-refractivity contribution in [2.24, 2.45) is 0 Å². The average Bonchev–Trinajstić information content (AvgIpc) is 2.78. The molecule has 0 unspecified atom stereocenters. The maximum atomic E-state index is 12.7. The first-order chi connectivity index (χ1) is 14.4. The number of hydrogen-bond acceptors (Lipinski definition) is 5. The van der Waals surface area contributed by atoms with Crippen molar-refractivity contribution in [1.29, 1.82) is 0 Å². The number of benzene rings is 3. The summed E-state index contributed by atoms with van der Waals surface area (Å²) >= 11 is 0. The maximum absolute atomic E-state index is 12.7. The van der Waals surface area contributed by atoms with Crippen LogP contribution in [0.1, 0.15) is 15.9 Å². The Morgan fingerprint density at radius 2 is 1.60 bits per heavy atom. The van der Waals surface area contributed by atoms with Gasteiger partial charge in [-0.15, -0.1) is 0 Å². The van der Waals surface area contributed by atoms with Crippen LogP contribution in [-0.2, 0) is 16.6 Å². The van der Waals surface area contributed by atoms with E-state index in [1.54, 1.807) is 61.7 Å². The molecule has 3 aromatic rings. The van der Waals surface area contributed by atoms with Crippen molar-refractivity contribution in [1.82, 2.24) is 4.72 Å². The number of ether oxygens (including phenoxy) is 2. The van der Waals surface area contributed by atoms with Crippen LogP contribution in [-0.4, -0.2) is 28.5 Å². The van der Waals surface area contributed by atoms with Crippen molar-refractivity contribution in [3.8, 4) is 11.5 Å². The third-order valence-corrected chi connectivity index (χ3v) is 5.79. The van der Waals surface area contributed by atoms with E-state index in [2.05, 4.69) is 10.0 Å². The summed E-state index contributed by atoms with van der Waals surface area (Å²) in [7, 11) is -0.797. The zero-order valence-electron chi connectivity index (χ0n) is 16.6. The molecule has 30 heavy (non-hydrogen) atoms. The second kappa shape index (κ2) is 9.43. The van der Waals surface area contributed by atoms with E-state index in [0.717, 1.165) is 5.56 Å². The molecule has 2 N–H and O–H groups in total. The predicted molar refractivity (Wildman–Crippen MR) is 114 cm³/mol. The lowest BCUT2D eigenvalue weighted by atomic mass is 10.2. The molecule has 0 fully saturated rings. The van der Waals surface area contributed by atoms with Gasteiger partial charge in [0.05, 0.1) is 24.8 Å². The number of anilines is 1. The molecule has 0 aromatic heterocycles. The average molecular weight is 426 g/mol. The van der Waals surface area contributed by atoms with Crippen LogP contribution in [0.5, 0.6) is 11.5 Å². The van der Waals surface area contributed by atoms with Gasteiger partial charge >= 0.3 is 0 Å². The molecule has 0 spiro atoms. The van der Waals surface area contributed by atoms with Crippen LogP contribution in [0.4, 0.5) is 5.69 Å². The summed E-state index contributed by atoms with van der Waals surface area (Å²) < 4.78 is 38.4. The maximum Gasteiger partial charge on any atom is 0.255 e. The van der Waals surface area contributed by atoms with Crippen LogP contribution in [0.3, 0.4) is 0 Å². The van der Waals surface area contributed by atoms with Gasteiger partial charge in [0, 0.05) is 12.1 Å². The minimum absolute atomic E-state index is 0.0140. The highest BCUT2D eigenvalue weighted by molar-refractivity contribution is 7.89. The highest BCUT2D eigenvalue weighted by Crippen LogP contribution is 2.28. The summed E-state index contributed by atoms with van der Waals surface area (Å²) in [4.78, 5) is 12.5. The van der Waals surface area contributed by atoms with Crippen molar-refractivity contribution in [2.45, 2.75) is 11.4 Å². The van der Waals surface area contributed by atoms with Crippen LogP contribution in [0.15, 0.2) is 77.7 Å². The van der Waals surface area contributed by atoms with Gasteiger partial charge in [-0.05, 0) is 48.0 Å². The fourth-order valence-electron chi connectivity index (χ4n) is 2.74. The number of carbonyl (C=O) groups is 1. The molecule has 0 atom stereocenters. The third kappa shape index (κ3) is 5.16. The Kier molecular flexibility index (Phi) is 6.71. The van der Waals surface area contributed by atoms with Crippen molar-refractivity contribution in [3.63, 3.8) is 0 Å². The van der Waals surface area contributed by atoms with E-state index < -0.39 is 10.0 Å². The number of rotatable bonds is 8. The zero-order chi connectivity index (χ0) is 21.6. The van der Waals surface area contributed by atoms with E-state index >= 15 is 0 Å². The first-order valence-corrected chi connectivity index (χ1v) is 10.6. The standard InChI is InChI=1S/C22H22N2O5S/c1-28-18-10-8-16(9-11-18)15-23-30(26,27)19-12-13-21(29-2)20(14-19)24-22(25)17-6-4-3-5-7-17/h3-14,23H,15H2,1-2H3,(H,24,25). The van der Waals surface area contributed by atoms with E-state index in [4.69, 9.17) is 9.47 Å². The SMILES string of the molecule is COc1ccc(CNS(=O)(=O)c2ccc(OC)c(NC(=O)c3ccccc3)c2)cc1. The van der Waals surface area contributed by atoms with E-state index in [1.807, 2.05) is 0 Å². The molecular weight excluding hydrogens is 404 g/mol. The molecule has 0 radical (unpaired) electrons. The largest absolute Gasteiger partial charge is 0.497 e. The van der Waals surface area contributed by atoms with Gasteiger partial charge in [0.15, 0.2) is 0 Å². The van der Waals surface area contributed by atoms with Crippen LogP contribution in [0, 0.1) is 0 Å². The van der Waals surface area contributed by atoms with Gasteiger partial charge < -0.3 is 14.8 Å². The van der Waals surface area contributed by atoms with Crippen LogP contribution >= 0.6 is 0 Å². The molecule has 0 aliphatic rings. The van der Waals surface area contributed by atoms with Crippen LogP contribution in [0.25, 0.3) is 0 Å². The van der Waals surface area contributed by atoms with Crippen LogP contribution < -0.4 is 19.5 Å². The molecule has 156 valence electrons. The molecule has 0 heterocycles. The fourth-order valence-corrected chi connectivity index (χ4v) is 3.78. The van der Waals surface area contributed by atoms with Gasteiger partial charge in [-0.3, -0.25) is 4.79 Å². The van der Waals surface area contributed by atoms with Crippen molar-refractivity contribution >= 4 is 21.6 Å². The number of nitrogens with one attached hydrogen (secondary N) is 2. The Morgan fingerprint density at radius 1 is 0.900 bits per heavy atom. The monoisotopic (exact) mass is 426 g/mol. The van der Waals surface area contributed by atoms with Gasteiger partial charge in [0.2, 0.25) is 10.0 Å². The molecular formula is C22H22N2O5S. The molecule has 3 rings (SSSR count). The topological polar surface area (TPSA) is 93.7 Å². The summed E-state index contributed by atoms with van der Waals surface area (Å²) in [5, 5.41) is 2.71. The van der Waals surface area contributed by atoms with Crippen molar-refractivity contribution < 1.29 is 22.7 Å². The summed E-state index contributed by atoms with van der Waals surface area (Å²) in [6.45, 7) is 0.115.